The summed E-state index contributed by atoms with van der Waals surface area (Å²) in [6.45, 7) is 0. The minimum Gasteiger partial charge on any atom is -0.278 e. The highest BCUT2D eigenvalue weighted by molar-refractivity contribution is 7.22. The maximum Gasteiger partial charge on any atom is 0.238 e. The first-order valence-electron chi connectivity index (χ1n) is 38.0. The summed E-state index contributed by atoms with van der Waals surface area (Å²) in [5.74, 6) is 1.61. The molecule has 6 heteroatoms. The Hall–Kier alpha value is -14.0. The third-order valence-corrected chi connectivity index (χ3v) is 31.5. The molecular weight excluding hydrogens is 1370 g/mol. The summed E-state index contributed by atoms with van der Waals surface area (Å²) >= 11 is 0. The van der Waals surface area contributed by atoms with Crippen LogP contribution in [0.25, 0.3) is 128 Å². The standard InChI is InChI=1S/C105H74N4Si2/c1-8-33-75(34-9-1)82-47-26-54-89(65-82)103-106-104(108-105(107-103)109-101-63-24-22-61-99(101)100-62-23-25-64-102(100)109)90-72-97(110(91-55-27-48-83(66-91)76-35-10-2-11-36-76,92-56-28-49-84(67-92)77-37-12-3-13-38-77)93-57-29-50-85(68-93)78-39-14-4-15-40-78)74-98(73-90)111(94-58-30-51-86(69-94)79-41-16-5-17-42-79,95-59-31-52-87(70-95)80-43-18-6-19-44-80)96-60-32-53-88(71-96)81-45-20-7-21-46-81/h1-74H. The van der Waals surface area contributed by atoms with Crippen LogP contribution in [0.5, 0.6) is 0 Å². The van der Waals surface area contributed by atoms with Gasteiger partial charge >= 0.3 is 0 Å². The van der Waals surface area contributed by atoms with E-state index in [1.807, 2.05) is 0 Å². The molecule has 0 spiro atoms. The Morgan fingerprint density at radius 1 is 0.153 bits per heavy atom. The number of aromatic nitrogens is 4. The predicted molar refractivity (Wildman–Crippen MR) is 470 cm³/mol. The number of hydrogen-bond donors (Lipinski definition) is 0. The highest BCUT2D eigenvalue weighted by Gasteiger charge is 2.47. The van der Waals surface area contributed by atoms with Gasteiger partial charge in [0.05, 0.1) is 11.0 Å². The van der Waals surface area contributed by atoms with Crippen molar-refractivity contribution in [3.05, 3.63) is 449 Å². The fourth-order valence-electron chi connectivity index (χ4n) is 16.9. The monoisotopic (exact) mass is 1450 g/mol. The Kier molecular flexibility index (Phi) is 18.0. The van der Waals surface area contributed by atoms with Gasteiger partial charge < -0.3 is 0 Å². The first-order valence-corrected chi connectivity index (χ1v) is 42.0. The molecule has 2 aromatic heterocycles. The number of benzene rings is 17. The van der Waals surface area contributed by atoms with Gasteiger partial charge in [0.1, 0.15) is 0 Å². The van der Waals surface area contributed by atoms with Gasteiger partial charge in [0.25, 0.3) is 0 Å². The summed E-state index contributed by atoms with van der Waals surface area (Å²) in [5.41, 5.74) is 19.5. The normalized spacial score (nSPS) is 11.6. The highest BCUT2D eigenvalue weighted by Crippen LogP contribution is 2.35. The van der Waals surface area contributed by atoms with Crippen LogP contribution < -0.4 is 41.5 Å². The molecule has 111 heavy (non-hydrogen) atoms. The Morgan fingerprint density at radius 3 is 0.658 bits per heavy atom. The van der Waals surface area contributed by atoms with Crippen molar-refractivity contribution in [1.82, 2.24) is 19.5 Å². The molecule has 0 atom stereocenters. The van der Waals surface area contributed by atoms with E-state index in [0.29, 0.717) is 17.6 Å². The van der Waals surface area contributed by atoms with Crippen molar-refractivity contribution in [1.29, 1.82) is 0 Å². The van der Waals surface area contributed by atoms with E-state index in [0.717, 1.165) is 121 Å². The lowest BCUT2D eigenvalue weighted by atomic mass is 10.0. The summed E-state index contributed by atoms with van der Waals surface area (Å²) in [7, 11) is -7.75. The van der Waals surface area contributed by atoms with E-state index in [2.05, 4.69) is 453 Å². The van der Waals surface area contributed by atoms with Gasteiger partial charge in [-0.15, -0.1) is 0 Å². The van der Waals surface area contributed by atoms with Gasteiger partial charge in [-0.2, -0.15) is 9.97 Å². The molecule has 522 valence electrons. The summed E-state index contributed by atoms with van der Waals surface area (Å²) in [6.07, 6.45) is 0. The number of rotatable bonds is 18. The zero-order chi connectivity index (χ0) is 73.9. The number of para-hydroxylation sites is 2. The lowest BCUT2D eigenvalue weighted by molar-refractivity contribution is 0.953. The maximum atomic E-state index is 6.03. The third-order valence-electron chi connectivity index (χ3n) is 22.1. The molecule has 0 aliphatic carbocycles. The second-order valence-corrected chi connectivity index (χ2v) is 36.2. The van der Waals surface area contributed by atoms with Crippen LogP contribution in [0.4, 0.5) is 0 Å². The van der Waals surface area contributed by atoms with E-state index in [1.54, 1.807) is 0 Å². The molecule has 0 amide bonds. The number of fused-ring (bicyclic) bond motifs is 3. The largest absolute Gasteiger partial charge is 0.278 e. The molecule has 0 saturated carbocycles. The quantitative estimate of drug-likeness (QED) is 0.0635. The van der Waals surface area contributed by atoms with E-state index in [4.69, 9.17) is 15.0 Å². The summed E-state index contributed by atoms with van der Waals surface area (Å²) in [4.78, 5) is 17.7. The van der Waals surface area contributed by atoms with Crippen molar-refractivity contribution in [3.8, 4) is 107 Å². The molecule has 0 aliphatic heterocycles. The van der Waals surface area contributed by atoms with Gasteiger partial charge in [0.2, 0.25) is 5.95 Å². The molecular formula is C105H74N4Si2. The summed E-state index contributed by atoms with van der Waals surface area (Å²) < 4.78 is 2.25. The molecule has 0 aliphatic rings. The zero-order valence-corrected chi connectivity index (χ0v) is 63.0. The van der Waals surface area contributed by atoms with E-state index < -0.39 is 16.1 Å². The Labute approximate surface area is 650 Å². The zero-order valence-electron chi connectivity index (χ0n) is 61.0. The van der Waals surface area contributed by atoms with Crippen molar-refractivity contribution in [2.45, 2.75) is 0 Å². The van der Waals surface area contributed by atoms with Crippen LogP contribution in [0.2, 0.25) is 0 Å². The molecule has 0 saturated heterocycles. The average molecular weight is 1450 g/mol. The lowest BCUT2D eigenvalue weighted by Crippen LogP contribution is -2.78. The molecule has 2 heterocycles. The lowest BCUT2D eigenvalue weighted by Gasteiger charge is -2.39. The molecule has 0 radical (unpaired) electrons. The van der Waals surface area contributed by atoms with Gasteiger partial charge in [0.15, 0.2) is 27.8 Å². The third kappa shape index (κ3) is 12.7. The first kappa shape index (κ1) is 67.6. The molecule has 0 N–H and O–H groups in total. The molecule has 0 fully saturated rings. The highest BCUT2D eigenvalue weighted by atomic mass is 28.3. The smallest absolute Gasteiger partial charge is 0.238 e. The summed E-state index contributed by atoms with van der Waals surface area (Å²) in [5, 5.41) is 11.9. The minimum absolute atomic E-state index is 0.514. The molecule has 4 nitrogen and oxygen atoms in total. The minimum atomic E-state index is -3.88. The van der Waals surface area contributed by atoms with Gasteiger partial charge in [-0.1, -0.05) is 431 Å². The summed E-state index contributed by atoms with van der Waals surface area (Å²) in [6, 6.07) is 167. The number of hydrogen-bond acceptors (Lipinski definition) is 3. The van der Waals surface area contributed by atoms with Gasteiger partial charge in [-0.25, -0.2) is 4.98 Å². The first-order chi connectivity index (χ1) is 55.0. The van der Waals surface area contributed by atoms with Crippen molar-refractivity contribution >= 4 is 79.4 Å². The SMILES string of the molecule is c1ccc(-c2cccc(-c3nc(-c4cc([Si](c5cccc(-c6ccccc6)c5)(c5cccc(-c6ccccc6)c5)c5cccc(-c6ccccc6)c5)cc([Si](c5cccc(-c6ccccc6)c5)(c5cccc(-c6ccccc6)c5)c5cccc(-c6ccccc6)c5)c4)nc(-n4c5ccccc5c5ccccc54)n3)c2)cc1. The van der Waals surface area contributed by atoms with Crippen LogP contribution in [-0.2, 0) is 0 Å². The fourth-order valence-corrected chi connectivity index (χ4v) is 26.8. The van der Waals surface area contributed by atoms with Crippen LogP contribution in [0.15, 0.2) is 449 Å². The van der Waals surface area contributed by atoms with Gasteiger partial charge in [0, 0.05) is 21.9 Å². The second kappa shape index (κ2) is 29.6. The second-order valence-electron chi connectivity index (χ2n) is 28.6. The van der Waals surface area contributed by atoms with Crippen molar-refractivity contribution in [3.63, 3.8) is 0 Å². The van der Waals surface area contributed by atoms with Gasteiger partial charge in [-0.3, -0.25) is 4.57 Å². The van der Waals surface area contributed by atoms with Crippen molar-refractivity contribution < 1.29 is 0 Å². The maximum absolute atomic E-state index is 6.03. The predicted octanol–water partition coefficient (Wildman–Crippen LogP) is 20.7. The van der Waals surface area contributed by atoms with Crippen LogP contribution in [0.3, 0.4) is 0 Å². The number of nitrogens with zero attached hydrogens (tertiary/aromatic N) is 4. The van der Waals surface area contributed by atoms with Crippen LogP contribution in [0, 0.1) is 0 Å². The van der Waals surface area contributed by atoms with E-state index >= 15 is 0 Å². The van der Waals surface area contributed by atoms with Crippen molar-refractivity contribution in [2.24, 2.45) is 0 Å². The van der Waals surface area contributed by atoms with Crippen LogP contribution >= 0.6 is 0 Å². The van der Waals surface area contributed by atoms with Gasteiger partial charge in [-0.05, 0) is 138 Å². The van der Waals surface area contributed by atoms with Crippen molar-refractivity contribution in [2.75, 3.05) is 0 Å². The Bertz CT molecular complexity index is 5840. The molecule has 19 aromatic rings. The van der Waals surface area contributed by atoms with Crippen LogP contribution in [0.1, 0.15) is 0 Å². The molecule has 0 bridgehead atoms. The van der Waals surface area contributed by atoms with E-state index in [-0.39, 0.29) is 0 Å². The fraction of sp³-hybridized carbons (Fsp3) is 0. The molecule has 0 unspecified atom stereocenters. The van der Waals surface area contributed by atoms with Crippen LogP contribution in [-0.4, -0.2) is 35.7 Å². The Morgan fingerprint density at radius 2 is 0.369 bits per heavy atom. The van der Waals surface area contributed by atoms with E-state index in [1.165, 1.54) is 31.1 Å². The Balaban J connectivity index is 1.02. The molecule has 17 aromatic carbocycles. The molecule has 19 rings (SSSR count). The topological polar surface area (TPSA) is 43.6 Å². The van der Waals surface area contributed by atoms with E-state index in [9.17, 15) is 0 Å². The average Bonchev–Trinajstić information content (AvgIpc) is 1.56.